The Bertz CT molecular complexity index is 800. The molecule has 1 atom stereocenters. The van der Waals surface area contributed by atoms with Crippen LogP contribution in [0.4, 0.5) is 5.69 Å². The van der Waals surface area contributed by atoms with E-state index in [9.17, 15) is 14.4 Å². The number of ether oxygens (including phenoxy) is 1. The quantitative estimate of drug-likeness (QED) is 0.657. The van der Waals surface area contributed by atoms with Gasteiger partial charge in [-0.3, -0.25) is 9.59 Å². The lowest BCUT2D eigenvalue weighted by atomic mass is 10.1. The highest BCUT2D eigenvalue weighted by Gasteiger charge is 2.43. The smallest absolute Gasteiger partial charge is 0.350 e. The van der Waals surface area contributed by atoms with Gasteiger partial charge >= 0.3 is 5.97 Å². The molecule has 1 heterocycles. The Hall–Kier alpha value is -2.86. The van der Waals surface area contributed by atoms with Crippen LogP contribution in [0.5, 0.6) is 0 Å². The molecule has 0 aliphatic carbocycles. The lowest BCUT2D eigenvalue weighted by molar-refractivity contribution is -0.146. The zero-order valence-corrected chi connectivity index (χ0v) is 14.1. The molecule has 128 valence electrons. The van der Waals surface area contributed by atoms with Gasteiger partial charge in [0.15, 0.2) is 0 Å². The number of esters is 1. The van der Waals surface area contributed by atoms with Crippen molar-refractivity contribution in [1.29, 1.82) is 0 Å². The third kappa shape index (κ3) is 3.21. The van der Waals surface area contributed by atoms with Crippen molar-refractivity contribution in [3.63, 3.8) is 0 Å². The van der Waals surface area contributed by atoms with Gasteiger partial charge in [0.05, 0.1) is 17.7 Å². The Labute approximate surface area is 149 Å². The molecule has 0 bridgehead atoms. The van der Waals surface area contributed by atoms with Crippen LogP contribution in [-0.2, 0) is 9.53 Å². The molecule has 1 N–H and O–H groups in total. The van der Waals surface area contributed by atoms with Crippen LogP contribution in [0.15, 0.2) is 48.5 Å². The van der Waals surface area contributed by atoms with E-state index in [0.29, 0.717) is 10.7 Å². The maximum Gasteiger partial charge on any atom is 0.350 e. The molecule has 0 radical (unpaired) electrons. The van der Waals surface area contributed by atoms with Crippen molar-refractivity contribution in [2.45, 2.75) is 13.1 Å². The molecule has 7 heteroatoms. The SMILES string of the molecule is CCOC(=O)C(Nc1ccc(Cl)cc1)N1C(=O)c2ccccc2C1=O. The lowest BCUT2D eigenvalue weighted by Crippen LogP contribution is -2.50. The number of hydrogen-bond donors (Lipinski definition) is 1. The fourth-order valence-corrected chi connectivity index (χ4v) is 2.72. The summed E-state index contributed by atoms with van der Waals surface area (Å²) in [6.45, 7) is 1.78. The number of carbonyl (C=O) groups is 3. The molecule has 0 fully saturated rings. The average Bonchev–Trinajstić information content (AvgIpc) is 2.86. The van der Waals surface area contributed by atoms with E-state index in [1.807, 2.05) is 0 Å². The first-order valence-electron chi connectivity index (χ1n) is 7.68. The van der Waals surface area contributed by atoms with Gasteiger partial charge in [0.1, 0.15) is 0 Å². The third-order valence-corrected chi connectivity index (χ3v) is 3.99. The van der Waals surface area contributed by atoms with Gasteiger partial charge in [0, 0.05) is 10.7 Å². The standard InChI is InChI=1S/C18H15ClN2O4/c1-2-25-18(24)15(20-12-9-7-11(19)8-10-12)21-16(22)13-5-3-4-6-14(13)17(21)23/h3-10,15,20H,2H2,1H3. The van der Waals surface area contributed by atoms with E-state index in [-0.39, 0.29) is 17.7 Å². The zero-order valence-electron chi connectivity index (χ0n) is 13.4. The summed E-state index contributed by atoms with van der Waals surface area (Å²) in [4.78, 5) is 38.5. The van der Waals surface area contributed by atoms with Crippen LogP contribution in [0.1, 0.15) is 27.6 Å². The molecule has 0 saturated carbocycles. The van der Waals surface area contributed by atoms with Crippen molar-refractivity contribution >= 4 is 35.1 Å². The maximum atomic E-state index is 12.6. The topological polar surface area (TPSA) is 75.7 Å². The number of rotatable bonds is 5. The lowest BCUT2D eigenvalue weighted by Gasteiger charge is -2.26. The first-order chi connectivity index (χ1) is 12.0. The van der Waals surface area contributed by atoms with Crippen molar-refractivity contribution in [3.05, 3.63) is 64.7 Å². The highest BCUT2D eigenvalue weighted by atomic mass is 35.5. The molecule has 6 nitrogen and oxygen atoms in total. The van der Waals surface area contributed by atoms with Crippen LogP contribution in [-0.4, -0.2) is 35.5 Å². The van der Waals surface area contributed by atoms with Gasteiger partial charge in [-0.25, -0.2) is 9.69 Å². The minimum atomic E-state index is -1.27. The summed E-state index contributed by atoms with van der Waals surface area (Å²) in [5.41, 5.74) is 1.05. The predicted octanol–water partition coefficient (Wildman–Crippen LogP) is 2.94. The summed E-state index contributed by atoms with van der Waals surface area (Å²) in [6, 6.07) is 13.0. The van der Waals surface area contributed by atoms with Crippen molar-refractivity contribution in [3.8, 4) is 0 Å². The number of nitrogens with zero attached hydrogens (tertiary/aromatic N) is 1. The van der Waals surface area contributed by atoms with Crippen molar-refractivity contribution in [1.82, 2.24) is 4.90 Å². The molecule has 0 saturated heterocycles. The largest absolute Gasteiger partial charge is 0.463 e. The van der Waals surface area contributed by atoms with Crippen LogP contribution >= 0.6 is 11.6 Å². The fraction of sp³-hybridized carbons (Fsp3) is 0.167. The second-order valence-corrected chi connectivity index (χ2v) is 5.77. The Morgan fingerprint density at radius 1 is 1.08 bits per heavy atom. The summed E-state index contributed by atoms with van der Waals surface area (Å²) in [7, 11) is 0. The van der Waals surface area contributed by atoms with Crippen LogP contribution < -0.4 is 5.32 Å². The van der Waals surface area contributed by atoms with Gasteiger partial charge in [-0.15, -0.1) is 0 Å². The van der Waals surface area contributed by atoms with Gasteiger partial charge in [0.25, 0.3) is 11.8 Å². The molecule has 1 aliphatic rings. The molecule has 3 rings (SSSR count). The van der Waals surface area contributed by atoms with E-state index >= 15 is 0 Å². The summed E-state index contributed by atoms with van der Waals surface area (Å²) >= 11 is 5.86. The highest BCUT2D eigenvalue weighted by Crippen LogP contribution is 2.26. The van der Waals surface area contributed by atoms with Crippen molar-refractivity contribution in [2.75, 3.05) is 11.9 Å². The third-order valence-electron chi connectivity index (χ3n) is 3.74. The number of amides is 2. The molecule has 0 spiro atoms. The molecule has 2 aromatic carbocycles. The molecule has 25 heavy (non-hydrogen) atoms. The number of benzene rings is 2. The first-order valence-corrected chi connectivity index (χ1v) is 8.06. The van der Waals surface area contributed by atoms with Gasteiger partial charge in [-0.1, -0.05) is 23.7 Å². The minimum absolute atomic E-state index is 0.126. The van der Waals surface area contributed by atoms with Crippen LogP contribution in [0.25, 0.3) is 0 Å². The number of hydrogen-bond acceptors (Lipinski definition) is 5. The molecular weight excluding hydrogens is 344 g/mol. The van der Waals surface area contributed by atoms with Crippen LogP contribution in [0.2, 0.25) is 5.02 Å². The molecule has 1 unspecified atom stereocenters. The summed E-state index contributed by atoms with van der Waals surface area (Å²) in [5.74, 6) is -1.80. The van der Waals surface area contributed by atoms with E-state index in [1.165, 1.54) is 0 Å². The van der Waals surface area contributed by atoms with E-state index in [0.717, 1.165) is 4.90 Å². The van der Waals surface area contributed by atoms with Crippen LogP contribution in [0, 0.1) is 0 Å². The minimum Gasteiger partial charge on any atom is -0.463 e. The number of imide groups is 1. The van der Waals surface area contributed by atoms with E-state index in [4.69, 9.17) is 16.3 Å². The van der Waals surface area contributed by atoms with E-state index in [2.05, 4.69) is 5.32 Å². The van der Waals surface area contributed by atoms with E-state index in [1.54, 1.807) is 55.5 Å². The monoisotopic (exact) mass is 358 g/mol. The summed E-state index contributed by atoms with van der Waals surface area (Å²) < 4.78 is 5.03. The molecule has 2 amide bonds. The zero-order chi connectivity index (χ0) is 18.0. The molecular formula is C18H15ClN2O4. The normalized spacial score (nSPS) is 14.2. The van der Waals surface area contributed by atoms with Crippen molar-refractivity contribution in [2.24, 2.45) is 0 Å². The average molecular weight is 359 g/mol. The number of nitrogens with one attached hydrogen (secondary N) is 1. The molecule has 1 aliphatic heterocycles. The first kappa shape index (κ1) is 17.0. The summed E-state index contributed by atoms with van der Waals surface area (Å²) in [6.07, 6.45) is -1.27. The van der Waals surface area contributed by atoms with Gasteiger partial charge in [-0.2, -0.15) is 0 Å². The van der Waals surface area contributed by atoms with Crippen molar-refractivity contribution < 1.29 is 19.1 Å². The second kappa shape index (κ2) is 6.94. The van der Waals surface area contributed by atoms with Gasteiger partial charge in [0.2, 0.25) is 6.17 Å². The maximum absolute atomic E-state index is 12.6. The Balaban J connectivity index is 1.95. The number of halogens is 1. The Morgan fingerprint density at radius 3 is 2.16 bits per heavy atom. The molecule has 0 aromatic heterocycles. The number of fused-ring (bicyclic) bond motifs is 1. The Kier molecular flexibility index (Phi) is 4.72. The second-order valence-electron chi connectivity index (χ2n) is 5.33. The number of carbonyl (C=O) groups excluding carboxylic acids is 3. The van der Waals surface area contributed by atoms with Gasteiger partial charge < -0.3 is 10.1 Å². The summed E-state index contributed by atoms with van der Waals surface area (Å²) in [5, 5.41) is 3.41. The molecule has 2 aromatic rings. The Morgan fingerprint density at radius 2 is 1.64 bits per heavy atom. The number of anilines is 1. The van der Waals surface area contributed by atoms with Gasteiger partial charge in [-0.05, 0) is 43.3 Å². The fourth-order valence-electron chi connectivity index (χ4n) is 2.60. The van der Waals surface area contributed by atoms with Crippen LogP contribution in [0.3, 0.4) is 0 Å². The predicted molar refractivity (Wildman–Crippen MR) is 92.4 cm³/mol. The highest BCUT2D eigenvalue weighted by molar-refractivity contribution is 6.30. The van der Waals surface area contributed by atoms with E-state index < -0.39 is 23.9 Å².